The van der Waals surface area contributed by atoms with E-state index >= 15 is 0 Å². The summed E-state index contributed by atoms with van der Waals surface area (Å²) < 4.78 is 5.03. The topological polar surface area (TPSA) is 80.3 Å². The average molecular weight is 327 g/mol. The number of carbonyl (C=O) groups excluding carboxylic acids is 2. The summed E-state index contributed by atoms with van der Waals surface area (Å²) in [5, 5.41) is 5.54. The molecule has 0 bridgehead atoms. The summed E-state index contributed by atoms with van der Waals surface area (Å²) >= 11 is 0. The molecule has 2 aromatic rings. The number of carbonyl (C=O) groups is 2. The molecule has 0 aliphatic carbocycles. The van der Waals surface area contributed by atoms with Gasteiger partial charge in [0.2, 0.25) is 11.8 Å². The van der Waals surface area contributed by atoms with Crippen LogP contribution >= 0.6 is 0 Å². The molecular formula is C18H21N3O3. The molecule has 0 fully saturated rings. The fourth-order valence-electron chi connectivity index (χ4n) is 2.14. The first-order chi connectivity index (χ1) is 11.6. The third-order valence-electron chi connectivity index (χ3n) is 3.42. The molecule has 0 radical (unpaired) electrons. The number of nitrogens with zero attached hydrogens (tertiary/aromatic N) is 1. The standard InChI is InChI=1S/C18H21N3O3/c1-13-4-3-5-15(10-13)18(23)20-9-7-16(22)21-12-14-6-8-19-17(11-14)24-2/h3-6,8,10-11H,7,9,12H2,1-2H3,(H,20,23)(H,21,22). The molecule has 1 aromatic heterocycles. The van der Waals surface area contributed by atoms with Crippen molar-refractivity contribution in [3.63, 3.8) is 0 Å². The lowest BCUT2D eigenvalue weighted by Gasteiger charge is -2.08. The number of rotatable bonds is 7. The Morgan fingerprint density at radius 2 is 2.00 bits per heavy atom. The fourth-order valence-corrected chi connectivity index (χ4v) is 2.14. The molecule has 2 rings (SSSR count). The van der Waals surface area contributed by atoms with Crippen molar-refractivity contribution in [2.45, 2.75) is 19.9 Å². The van der Waals surface area contributed by atoms with E-state index in [0.29, 0.717) is 18.0 Å². The molecule has 0 aliphatic rings. The highest BCUT2D eigenvalue weighted by Crippen LogP contribution is 2.08. The Labute approximate surface area is 141 Å². The summed E-state index contributed by atoms with van der Waals surface area (Å²) in [5.74, 6) is 0.202. The lowest BCUT2D eigenvalue weighted by atomic mass is 10.1. The zero-order valence-electron chi connectivity index (χ0n) is 13.8. The number of methoxy groups -OCH3 is 1. The molecule has 0 atom stereocenters. The minimum atomic E-state index is -0.176. The minimum Gasteiger partial charge on any atom is -0.481 e. The van der Waals surface area contributed by atoms with E-state index in [1.807, 2.05) is 31.2 Å². The Morgan fingerprint density at radius 3 is 2.75 bits per heavy atom. The van der Waals surface area contributed by atoms with Gasteiger partial charge in [-0.2, -0.15) is 0 Å². The molecule has 2 amide bonds. The predicted octanol–water partition coefficient (Wildman–Crippen LogP) is 1.83. The highest BCUT2D eigenvalue weighted by Gasteiger charge is 2.07. The molecule has 1 heterocycles. The van der Waals surface area contributed by atoms with Gasteiger partial charge in [-0.25, -0.2) is 4.98 Å². The van der Waals surface area contributed by atoms with Crippen molar-refractivity contribution in [3.05, 3.63) is 59.3 Å². The van der Waals surface area contributed by atoms with E-state index < -0.39 is 0 Å². The number of aryl methyl sites for hydroxylation is 1. The third-order valence-corrected chi connectivity index (χ3v) is 3.42. The molecule has 1 aromatic carbocycles. The van der Waals surface area contributed by atoms with Crippen molar-refractivity contribution in [3.8, 4) is 5.88 Å². The zero-order valence-corrected chi connectivity index (χ0v) is 13.8. The van der Waals surface area contributed by atoms with Crippen LogP contribution < -0.4 is 15.4 Å². The van der Waals surface area contributed by atoms with E-state index in [-0.39, 0.29) is 24.8 Å². The maximum Gasteiger partial charge on any atom is 0.251 e. The van der Waals surface area contributed by atoms with Crippen LogP contribution in [0.2, 0.25) is 0 Å². The van der Waals surface area contributed by atoms with E-state index in [4.69, 9.17) is 4.74 Å². The van der Waals surface area contributed by atoms with Crippen LogP contribution in [0.15, 0.2) is 42.6 Å². The monoisotopic (exact) mass is 327 g/mol. The van der Waals surface area contributed by atoms with Crippen LogP contribution in [-0.4, -0.2) is 30.5 Å². The van der Waals surface area contributed by atoms with Gasteiger partial charge in [0.05, 0.1) is 7.11 Å². The first-order valence-electron chi connectivity index (χ1n) is 7.69. The number of ether oxygens (including phenoxy) is 1. The number of nitrogens with one attached hydrogen (secondary N) is 2. The van der Waals surface area contributed by atoms with Gasteiger partial charge in [0, 0.05) is 37.3 Å². The predicted molar refractivity (Wildman–Crippen MR) is 90.8 cm³/mol. The highest BCUT2D eigenvalue weighted by molar-refractivity contribution is 5.94. The summed E-state index contributed by atoms with van der Waals surface area (Å²) in [6.45, 7) is 2.61. The SMILES string of the molecule is COc1cc(CNC(=O)CCNC(=O)c2cccc(C)c2)ccn1. The molecular weight excluding hydrogens is 306 g/mol. The van der Waals surface area contributed by atoms with Crippen molar-refractivity contribution in [1.29, 1.82) is 0 Å². The van der Waals surface area contributed by atoms with Gasteiger partial charge in [-0.15, -0.1) is 0 Å². The van der Waals surface area contributed by atoms with Crippen LogP contribution in [0.25, 0.3) is 0 Å². The molecule has 0 saturated heterocycles. The van der Waals surface area contributed by atoms with Crippen LogP contribution in [0.3, 0.4) is 0 Å². The molecule has 0 spiro atoms. The largest absolute Gasteiger partial charge is 0.481 e. The number of hydrogen-bond acceptors (Lipinski definition) is 4. The van der Waals surface area contributed by atoms with Crippen LogP contribution in [-0.2, 0) is 11.3 Å². The summed E-state index contributed by atoms with van der Waals surface area (Å²) in [5.41, 5.74) is 2.52. The molecule has 126 valence electrons. The van der Waals surface area contributed by atoms with Crippen molar-refractivity contribution >= 4 is 11.8 Å². The van der Waals surface area contributed by atoms with E-state index in [1.54, 1.807) is 25.4 Å². The van der Waals surface area contributed by atoms with Crippen LogP contribution in [0.1, 0.15) is 27.9 Å². The van der Waals surface area contributed by atoms with E-state index in [2.05, 4.69) is 15.6 Å². The maximum absolute atomic E-state index is 12.0. The van der Waals surface area contributed by atoms with Crippen LogP contribution in [0, 0.1) is 6.92 Å². The smallest absolute Gasteiger partial charge is 0.251 e. The van der Waals surface area contributed by atoms with Crippen LogP contribution in [0.4, 0.5) is 0 Å². The van der Waals surface area contributed by atoms with Gasteiger partial charge in [0.15, 0.2) is 0 Å². The van der Waals surface area contributed by atoms with E-state index in [0.717, 1.165) is 11.1 Å². The second kappa shape index (κ2) is 8.67. The summed E-state index contributed by atoms with van der Waals surface area (Å²) in [7, 11) is 1.54. The third kappa shape index (κ3) is 5.39. The second-order valence-corrected chi connectivity index (χ2v) is 5.36. The number of amides is 2. The first kappa shape index (κ1) is 17.5. The molecule has 24 heavy (non-hydrogen) atoms. The maximum atomic E-state index is 12.0. The summed E-state index contributed by atoms with van der Waals surface area (Å²) in [4.78, 5) is 27.8. The quantitative estimate of drug-likeness (QED) is 0.813. The Hall–Kier alpha value is -2.89. The van der Waals surface area contributed by atoms with E-state index in [9.17, 15) is 9.59 Å². The van der Waals surface area contributed by atoms with Crippen molar-refractivity contribution in [1.82, 2.24) is 15.6 Å². The summed E-state index contributed by atoms with van der Waals surface area (Å²) in [6, 6.07) is 10.9. The lowest BCUT2D eigenvalue weighted by Crippen LogP contribution is -2.30. The Kier molecular flexibility index (Phi) is 6.31. The van der Waals surface area contributed by atoms with Crippen molar-refractivity contribution < 1.29 is 14.3 Å². The molecule has 0 unspecified atom stereocenters. The number of hydrogen-bond donors (Lipinski definition) is 2. The van der Waals surface area contributed by atoms with Gasteiger partial charge in [-0.1, -0.05) is 17.7 Å². The normalized spacial score (nSPS) is 10.1. The second-order valence-electron chi connectivity index (χ2n) is 5.36. The zero-order chi connectivity index (χ0) is 17.4. The van der Waals surface area contributed by atoms with E-state index in [1.165, 1.54) is 0 Å². The Balaban J connectivity index is 1.72. The van der Waals surface area contributed by atoms with Gasteiger partial charge >= 0.3 is 0 Å². The van der Waals surface area contributed by atoms with Gasteiger partial charge < -0.3 is 15.4 Å². The molecule has 6 nitrogen and oxygen atoms in total. The van der Waals surface area contributed by atoms with Gasteiger partial charge in [-0.05, 0) is 30.7 Å². The van der Waals surface area contributed by atoms with Gasteiger partial charge in [-0.3, -0.25) is 9.59 Å². The van der Waals surface area contributed by atoms with Crippen molar-refractivity contribution in [2.75, 3.05) is 13.7 Å². The van der Waals surface area contributed by atoms with Gasteiger partial charge in [0.1, 0.15) is 0 Å². The summed E-state index contributed by atoms with van der Waals surface area (Å²) in [6.07, 6.45) is 1.85. The minimum absolute atomic E-state index is 0.129. The molecule has 2 N–H and O–H groups in total. The molecule has 0 aliphatic heterocycles. The van der Waals surface area contributed by atoms with Crippen LogP contribution in [0.5, 0.6) is 5.88 Å². The Morgan fingerprint density at radius 1 is 1.17 bits per heavy atom. The fraction of sp³-hybridized carbons (Fsp3) is 0.278. The molecule has 6 heteroatoms. The van der Waals surface area contributed by atoms with Gasteiger partial charge in [0.25, 0.3) is 5.91 Å². The number of benzene rings is 1. The highest BCUT2D eigenvalue weighted by atomic mass is 16.5. The molecule has 0 saturated carbocycles. The Bertz CT molecular complexity index is 716. The van der Waals surface area contributed by atoms with Crippen molar-refractivity contribution in [2.24, 2.45) is 0 Å². The first-order valence-corrected chi connectivity index (χ1v) is 7.69. The average Bonchev–Trinajstić information content (AvgIpc) is 2.60. The number of pyridine rings is 1. The number of aromatic nitrogens is 1. The lowest BCUT2D eigenvalue weighted by molar-refractivity contribution is -0.121.